The fourth-order valence-corrected chi connectivity index (χ4v) is 3.48. The van der Waals surface area contributed by atoms with Crippen LogP contribution in [-0.2, 0) is 5.54 Å². The lowest BCUT2D eigenvalue weighted by molar-refractivity contribution is 0.285. The van der Waals surface area contributed by atoms with Crippen LogP contribution in [-0.4, -0.2) is 19.4 Å². The summed E-state index contributed by atoms with van der Waals surface area (Å²) in [6, 6.07) is 10.5. The molecule has 0 N–H and O–H groups in total. The minimum absolute atomic E-state index is 0.115. The Hall–Kier alpha value is -1.50. The van der Waals surface area contributed by atoms with Crippen molar-refractivity contribution in [2.24, 2.45) is 15.4 Å². The number of halogens is 5. The van der Waals surface area contributed by atoms with Gasteiger partial charge in [-0.2, -0.15) is 5.11 Å². The molecule has 5 nitrogen and oxygen atoms in total. The maximum absolute atomic E-state index is 6.30. The number of benzene rings is 2. The monoisotopic (exact) mass is 491 g/mol. The smallest absolute Gasteiger partial charge is 0.156 e. The Morgan fingerprint density at radius 3 is 2.28 bits per heavy atom. The predicted octanol–water partition coefficient (Wildman–Crippen LogP) is 7.46. The number of nitrogens with zero attached hydrogens (tertiary/aromatic N) is 3. The molecule has 0 radical (unpaired) electrons. The highest BCUT2D eigenvalue weighted by atomic mass is 35.5. The molecule has 152 valence electrons. The van der Waals surface area contributed by atoms with Gasteiger partial charge in [-0.25, -0.2) is 0 Å². The molecule has 1 unspecified atom stereocenters. The lowest BCUT2D eigenvalue weighted by Gasteiger charge is -2.22. The van der Waals surface area contributed by atoms with Gasteiger partial charge in [0.15, 0.2) is 5.75 Å². The molecule has 1 heterocycles. The highest BCUT2D eigenvalue weighted by Crippen LogP contribution is 2.38. The highest BCUT2D eigenvalue weighted by Gasteiger charge is 2.33. The number of hydrogen-bond acceptors (Lipinski definition) is 5. The Labute approximate surface area is 192 Å². The van der Waals surface area contributed by atoms with Crippen LogP contribution in [0.1, 0.15) is 12.0 Å². The van der Waals surface area contributed by atoms with Crippen molar-refractivity contribution >= 4 is 64.2 Å². The molecule has 1 aliphatic rings. The average molecular weight is 494 g/mol. The van der Waals surface area contributed by atoms with Crippen LogP contribution in [0.5, 0.6) is 11.5 Å². The first-order valence-corrected chi connectivity index (χ1v) is 10.3. The topological polar surface area (TPSA) is 55.5 Å². The second-order valence-corrected chi connectivity index (χ2v) is 8.24. The van der Waals surface area contributed by atoms with Crippen molar-refractivity contribution in [3.8, 4) is 11.5 Å². The van der Waals surface area contributed by atoms with Crippen molar-refractivity contribution in [1.82, 2.24) is 0 Å². The third kappa shape index (κ3) is 5.77. The predicted molar refractivity (Wildman–Crippen MR) is 118 cm³/mol. The molecular formula is C19H14Cl5N3O2. The largest absolute Gasteiger partial charge is 0.490 e. The third-order valence-corrected chi connectivity index (χ3v) is 5.20. The van der Waals surface area contributed by atoms with E-state index in [1.165, 1.54) is 6.08 Å². The Morgan fingerprint density at radius 1 is 1.00 bits per heavy atom. The van der Waals surface area contributed by atoms with Gasteiger partial charge in [0, 0.05) is 23.6 Å². The van der Waals surface area contributed by atoms with Gasteiger partial charge in [0.25, 0.3) is 0 Å². The molecule has 0 aromatic heterocycles. The minimum Gasteiger partial charge on any atom is -0.490 e. The van der Waals surface area contributed by atoms with Gasteiger partial charge in [0.1, 0.15) is 22.4 Å². The van der Waals surface area contributed by atoms with E-state index in [0.29, 0.717) is 33.0 Å². The van der Waals surface area contributed by atoms with Gasteiger partial charge in [-0.3, -0.25) is 0 Å². The molecular weight excluding hydrogens is 479 g/mol. The van der Waals surface area contributed by atoms with Crippen molar-refractivity contribution in [2.75, 3.05) is 13.2 Å². The molecule has 0 saturated carbocycles. The van der Waals surface area contributed by atoms with Crippen LogP contribution >= 0.6 is 58.0 Å². The SMILES string of the molecule is ClC(Cl)=CCOc1cc(Cl)c(OCCC2(c3ccc(Cl)cc3)C=NN=N2)c(Cl)c1. The van der Waals surface area contributed by atoms with E-state index in [1.54, 1.807) is 30.5 Å². The maximum Gasteiger partial charge on any atom is 0.156 e. The zero-order valence-electron chi connectivity index (χ0n) is 14.8. The van der Waals surface area contributed by atoms with E-state index in [9.17, 15) is 0 Å². The summed E-state index contributed by atoms with van der Waals surface area (Å²) >= 11 is 29.7. The number of hydrogen-bond donors (Lipinski definition) is 0. The summed E-state index contributed by atoms with van der Waals surface area (Å²) in [4.78, 5) is 0. The van der Waals surface area contributed by atoms with E-state index < -0.39 is 5.54 Å². The van der Waals surface area contributed by atoms with Gasteiger partial charge in [-0.15, -0.1) is 5.10 Å². The summed E-state index contributed by atoms with van der Waals surface area (Å²) in [5.41, 5.74) is 0.183. The minimum atomic E-state index is -0.722. The molecule has 1 aliphatic heterocycles. The molecule has 2 aromatic carbocycles. The van der Waals surface area contributed by atoms with Crippen molar-refractivity contribution in [3.05, 3.63) is 67.6 Å². The van der Waals surface area contributed by atoms with Gasteiger partial charge < -0.3 is 9.47 Å². The molecule has 0 spiro atoms. The van der Waals surface area contributed by atoms with Gasteiger partial charge in [-0.1, -0.05) is 70.1 Å². The van der Waals surface area contributed by atoms with E-state index in [-0.39, 0.29) is 17.7 Å². The van der Waals surface area contributed by atoms with Crippen molar-refractivity contribution in [1.29, 1.82) is 0 Å². The molecule has 0 bridgehead atoms. The summed E-state index contributed by atoms with van der Waals surface area (Å²) in [7, 11) is 0. The standard InChI is InChI=1S/C19H14Cl5N3O2/c20-13-3-1-12(2-4-13)19(11-25-27-26-19)6-8-29-18-15(21)9-14(10-16(18)22)28-7-5-17(23)24/h1-5,9-11H,6-8H2. The zero-order chi connectivity index (χ0) is 20.9. The highest BCUT2D eigenvalue weighted by molar-refractivity contribution is 6.55. The van der Waals surface area contributed by atoms with E-state index in [1.807, 2.05) is 12.1 Å². The fourth-order valence-electron chi connectivity index (χ4n) is 2.65. The summed E-state index contributed by atoms with van der Waals surface area (Å²) in [5.74, 6) is 0.817. The lowest BCUT2D eigenvalue weighted by Crippen LogP contribution is -2.26. The third-order valence-electron chi connectivity index (χ3n) is 4.08. The van der Waals surface area contributed by atoms with Crippen LogP contribution in [0.4, 0.5) is 0 Å². The van der Waals surface area contributed by atoms with Gasteiger partial charge in [0.05, 0.1) is 22.9 Å². The summed E-state index contributed by atoms with van der Waals surface area (Å²) in [5, 5.41) is 13.2. The van der Waals surface area contributed by atoms with Crippen LogP contribution in [0.15, 0.2) is 62.4 Å². The quantitative estimate of drug-likeness (QED) is 0.383. The first-order valence-electron chi connectivity index (χ1n) is 8.38. The van der Waals surface area contributed by atoms with Crippen LogP contribution < -0.4 is 9.47 Å². The van der Waals surface area contributed by atoms with Crippen LogP contribution in [0, 0.1) is 0 Å². The summed E-state index contributed by atoms with van der Waals surface area (Å²) in [6.07, 6.45) is 3.66. The van der Waals surface area contributed by atoms with E-state index >= 15 is 0 Å². The van der Waals surface area contributed by atoms with Crippen LogP contribution in [0.25, 0.3) is 0 Å². The normalized spacial score (nSPS) is 17.4. The van der Waals surface area contributed by atoms with Gasteiger partial charge >= 0.3 is 0 Å². The lowest BCUT2D eigenvalue weighted by atomic mass is 9.89. The average Bonchev–Trinajstić information content (AvgIpc) is 3.14. The summed E-state index contributed by atoms with van der Waals surface area (Å²) < 4.78 is 11.4. The number of ether oxygens (including phenoxy) is 2. The van der Waals surface area contributed by atoms with Gasteiger partial charge in [0.2, 0.25) is 0 Å². The fraction of sp³-hybridized carbons (Fsp3) is 0.211. The van der Waals surface area contributed by atoms with E-state index in [0.717, 1.165) is 5.56 Å². The number of rotatable bonds is 8. The molecule has 29 heavy (non-hydrogen) atoms. The molecule has 10 heteroatoms. The molecule has 2 aromatic rings. The second-order valence-electron chi connectivity index (χ2n) is 5.98. The summed E-state index contributed by atoms with van der Waals surface area (Å²) in [6.45, 7) is 0.459. The first kappa shape index (κ1) is 22.2. The molecule has 1 atom stereocenters. The van der Waals surface area contributed by atoms with E-state index in [2.05, 4.69) is 15.4 Å². The molecule has 0 amide bonds. The molecule has 3 rings (SSSR count). The van der Waals surface area contributed by atoms with Crippen LogP contribution in [0.3, 0.4) is 0 Å². The van der Waals surface area contributed by atoms with Gasteiger partial charge in [-0.05, 0) is 29.0 Å². The first-order chi connectivity index (χ1) is 13.9. The Balaban J connectivity index is 1.67. The van der Waals surface area contributed by atoms with Crippen LogP contribution in [0.2, 0.25) is 15.1 Å². The molecule has 0 aliphatic carbocycles. The van der Waals surface area contributed by atoms with E-state index in [4.69, 9.17) is 67.5 Å². The zero-order valence-corrected chi connectivity index (χ0v) is 18.6. The Morgan fingerprint density at radius 2 is 1.69 bits per heavy atom. The maximum atomic E-state index is 6.30. The second kappa shape index (κ2) is 10.0. The molecule has 0 saturated heterocycles. The Bertz CT molecular complexity index is 922. The van der Waals surface area contributed by atoms with Crippen molar-refractivity contribution in [2.45, 2.75) is 12.0 Å². The van der Waals surface area contributed by atoms with Crippen molar-refractivity contribution < 1.29 is 9.47 Å². The molecule has 0 fully saturated rings. The van der Waals surface area contributed by atoms with Crippen molar-refractivity contribution in [3.63, 3.8) is 0 Å². The Kier molecular flexibility index (Phi) is 7.66.